The molecule has 0 aromatic carbocycles. The number of amides is 1. The molecule has 2 saturated carbocycles. The fourth-order valence-electron chi connectivity index (χ4n) is 3.90. The number of Topliss-reactive ketones (excluding diaryl/α,β-unsaturated/α-hetero) is 1. The van der Waals surface area contributed by atoms with Crippen LogP contribution in [0.5, 0.6) is 0 Å². The first-order valence-corrected chi connectivity index (χ1v) is 7.75. The SMILES string of the molecule is O=C1CCCC1C1CCCN1C(=O)OC1CCCC1. The summed E-state index contributed by atoms with van der Waals surface area (Å²) in [5, 5.41) is 0. The van der Waals surface area contributed by atoms with Crippen molar-refractivity contribution < 1.29 is 14.3 Å². The van der Waals surface area contributed by atoms with E-state index in [9.17, 15) is 9.59 Å². The maximum absolute atomic E-state index is 12.3. The van der Waals surface area contributed by atoms with Crippen LogP contribution in [0.2, 0.25) is 0 Å². The average Bonchev–Trinajstić information content (AvgIpc) is 3.07. The van der Waals surface area contributed by atoms with Crippen molar-refractivity contribution in [2.75, 3.05) is 6.54 Å². The Hall–Kier alpha value is -1.06. The van der Waals surface area contributed by atoms with Gasteiger partial charge in [-0.05, 0) is 51.4 Å². The lowest BCUT2D eigenvalue weighted by molar-refractivity contribution is -0.122. The highest BCUT2D eigenvalue weighted by Gasteiger charge is 2.41. The molecule has 0 bridgehead atoms. The van der Waals surface area contributed by atoms with Gasteiger partial charge >= 0.3 is 6.09 Å². The van der Waals surface area contributed by atoms with Crippen molar-refractivity contribution in [3.05, 3.63) is 0 Å². The number of ketones is 1. The highest BCUT2D eigenvalue weighted by Crippen LogP contribution is 2.34. The first-order chi connectivity index (χ1) is 9.25. The topological polar surface area (TPSA) is 46.6 Å². The van der Waals surface area contributed by atoms with Crippen LogP contribution < -0.4 is 0 Å². The number of likely N-dealkylation sites (tertiary alicyclic amines) is 1. The Morgan fingerprint density at radius 1 is 1.05 bits per heavy atom. The van der Waals surface area contributed by atoms with E-state index in [1.807, 2.05) is 4.90 Å². The van der Waals surface area contributed by atoms with Gasteiger partial charge in [0.25, 0.3) is 0 Å². The number of carbonyl (C=O) groups excluding carboxylic acids is 2. The van der Waals surface area contributed by atoms with Crippen LogP contribution in [0.3, 0.4) is 0 Å². The molecule has 0 aromatic heterocycles. The van der Waals surface area contributed by atoms with Gasteiger partial charge in [0.1, 0.15) is 11.9 Å². The smallest absolute Gasteiger partial charge is 0.410 e. The number of carbonyl (C=O) groups is 2. The summed E-state index contributed by atoms with van der Waals surface area (Å²) in [6.45, 7) is 0.764. The van der Waals surface area contributed by atoms with E-state index in [0.29, 0.717) is 12.2 Å². The van der Waals surface area contributed by atoms with Crippen molar-refractivity contribution in [1.29, 1.82) is 0 Å². The minimum Gasteiger partial charge on any atom is -0.446 e. The van der Waals surface area contributed by atoms with Crippen molar-refractivity contribution >= 4 is 11.9 Å². The van der Waals surface area contributed by atoms with Crippen LogP contribution in [0.15, 0.2) is 0 Å². The summed E-state index contributed by atoms with van der Waals surface area (Å²) in [7, 11) is 0. The Balaban J connectivity index is 1.61. The van der Waals surface area contributed by atoms with Gasteiger partial charge in [0.15, 0.2) is 0 Å². The molecule has 4 heteroatoms. The van der Waals surface area contributed by atoms with Crippen LogP contribution >= 0.6 is 0 Å². The predicted octanol–water partition coefficient (Wildman–Crippen LogP) is 2.90. The fourth-order valence-corrected chi connectivity index (χ4v) is 3.90. The molecule has 0 N–H and O–H groups in total. The maximum atomic E-state index is 12.3. The van der Waals surface area contributed by atoms with Gasteiger partial charge in [-0.3, -0.25) is 4.79 Å². The van der Waals surface area contributed by atoms with Gasteiger partial charge in [-0.2, -0.15) is 0 Å². The second-order valence-corrected chi connectivity index (χ2v) is 6.16. The molecular formula is C15H23NO3. The largest absolute Gasteiger partial charge is 0.446 e. The molecule has 2 aliphatic carbocycles. The normalized spacial score (nSPS) is 32.2. The summed E-state index contributed by atoms with van der Waals surface area (Å²) < 4.78 is 5.60. The Morgan fingerprint density at radius 2 is 1.84 bits per heavy atom. The van der Waals surface area contributed by atoms with E-state index in [1.165, 1.54) is 12.8 Å². The fraction of sp³-hybridized carbons (Fsp3) is 0.867. The molecule has 4 nitrogen and oxygen atoms in total. The van der Waals surface area contributed by atoms with Gasteiger partial charge in [-0.15, -0.1) is 0 Å². The van der Waals surface area contributed by atoms with E-state index in [2.05, 4.69) is 0 Å². The maximum Gasteiger partial charge on any atom is 0.410 e. The zero-order chi connectivity index (χ0) is 13.2. The van der Waals surface area contributed by atoms with Crippen molar-refractivity contribution in [1.82, 2.24) is 4.90 Å². The lowest BCUT2D eigenvalue weighted by atomic mass is 9.95. The van der Waals surface area contributed by atoms with Crippen molar-refractivity contribution in [3.8, 4) is 0 Å². The van der Waals surface area contributed by atoms with Gasteiger partial charge in [-0.25, -0.2) is 4.79 Å². The molecule has 2 atom stereocenters. The summed E-state index contributed by atoms with van der Waals surface area (Å²) in [6.07, 6.45) is 8.92. The quantitative estimate of drug-likeness (QED) is 0.771. The van der Waals surface area contributed by atoms with Gasteiger partial charge in [-0.1, -0.05) is 0 Å². The van der Waals surface area contributed by atoms with E-state index >= 15 is 0 Å². The third-order valence-corrected chi connectivity index (χ3v) is 4.92. The zero-order valence-electron chi connectivity index (χ0n) is 11.5. The predicted molar refractivity (Wildman–Crippen MR) is 70.8 cm³/mol. The molecule has 106 valence electrons. The number of rotatable bonds is 2. The third kappa shape index (κ3) is 2.63. The molecule has 3 fully saturated rings. The minimum absolute atomic E-state index is 0.0821. The Bertz CT molecular complexity index is 362. The molecule has 1 saturated heterocycles. The molecule has 1 aliphatic heterocycles. The zero-order valence-corrected chi connectivity index (χ0v) is 11.5. The molecule has 0 radical (unpaired) electrons. The second kappa shape index (κ2) is 5.51. The second-order valence-electron chi connectivity index (χ2n) is 6.16. The molecule has 19 heavy (non-hydrogen) atoms. The number of hydrogen-bond acceptors (Lipinski definition) is 3. The van der Waals surface area contributed by atoms with Crippen molar-refractivity contribution in [2.24, 2.45) is 5.92 Å². The van der Waals surface area contributed by atoms with E-state index < -0.39 is 0 Å². The van der Waals surface area contributed by atoms with Gasteiger partial charge in [0, 0.05) is 24.9 Å². The first-order valence-electron chi connectivity index (χ1n) is 7.75. The Labute approximate surface area is 114 Å². The van der Waals surface area contributed by atoms with Crippen LogP contribution in [-0.4, -0.2) is 35.5 Å². The van der Waals surface area contributed by atoms with Gasteiger partial charge in [0.05, 0.1) is 0 Å². The molecule has 1 amide bonds. The molecule has 3 rings (SSSR count). The average molecular weight is 265 g/mol. The molecule has 0 aromatic rings. The summed E-state index contributed by atoms with van der Waals surface area (Å²) in [5.74, 6) is 0.434. The summed E-state index contributed by atoms with van der Waals surface area (Å²) in [6, 6.07) is 0.115. The summed E-state index contributed by atoms with van der Waals surface area (Å²) >= 11 is 0. The molecule has 3 aliphatic rings. The van der Waals surface area contributed by atoms with E-state index in [4.69, 9.17) is 4.74 Å². The molecule has 2 unspecified atom stereocenters. The Kier molecular flexibility index (Phi) is 3.76. The van der Waals surface area contributed by atoms with Crippen molar-refractivity contribution in [3.63, 3.8) is 0 Å². The van der Waals surface area contributed by atoms with Crippen LogP contribution in [-0.2, 0) is 9.53 Å². The van der Waals surface area contributed by atoms with Crippen LogP contribution in [0.4, 0.5) is 4.79 Å². The van der Waals surface area contributed by atoms with Crippen LogP contribution in [0, 0.1) is 5.92 Å². The summed E-state index contributed by atoms with van der Waals surface area (Å²) in [4.78, 5) is 26.0. The van der Waals surface area contributed by atoms with Gasteiger partial charge < -0.3 is 9.64 Å². The van der Waals surface area contributed by atoms with Crippen LogP contribution in [0.25, 0.3) is 0 Å². The number of nitrogens with zero attached hydrogens (tertiary/aromatic N) is 1. The van der Waals surface area contributed by atoms with E-state index in [-0.39, 0.29) is 24.2 Å². The molecule has 1 heterocycles. The lowest BCUT2D eigenvalue weighted by Gasteiger charge is -2.29. The van der Waals surface area contributed by atoms with E-state index in [0.717, 1.165) is 45.1 Å². The van der Waals surface area contributed by atoms with Gasteiger partial charge in [0.2, 0.25) is 0 Å². The monoisotopic (exact) mass is 265 g/mol. The van der Waals surface area contributed by atoms with Crippen molar-refractivity contribution in [2.45, 2.75) is 69.9 Å². The van der Waals surface area contributed by atoms with Crippen LogP contribution in [0.1, 0.15) is 57.8 Å². The highest BCUT2D eigenvalue weighted by molar-refractivity contribution is 5.84. The Morgan fingerprint density at radius 3 is 2.53 bits per heavy atom. The molecular weight excluding hydrogens is 242 g/mol. The first kappa shape index (κ1) is 12.9. The number of hydrogen-bond donors (Lipinski definition) is 0. The van der Waals surface area contributed by atoms with E-state index in [1.54, 1.807) is 0 Å². The highest BCUT2D eigenvalue weighted by atomic mass is 16.6. The minimum atomic E-state index is -0.172. The lowest BCUT2D eigenvalue weighted by Crippen LogP contribution is -2.42. The number of ether oxygens (including phenoxy) is 1. The molecule has 0 spiro atoms. The standard InChI is InChI=1S/C15H23NO3/c17-14-9-3-7-12(14)13-8-4-10-16(13)15(18)19-11-5-1-2-6-11/h11-13H,1-10H2. The summed E-state index contributed by atoms with van der Waals surface area (Å²) in [5.41, 5.74) is 0. The third-order valence-electron chi connectivity index (χ3n) is 4.92.